The van der Waals surface area contributed by atoms with Gasteiger partial charge in [-0.25, -0.2) is 0 Å². The van der Waals surface area contributed by atoms with Crippen LogP contribution in [0.4, 0.5) is 0 Å². The second kappa shape index (κ2) is 9.39. The largest absolute Gasteiger partial charge is 0.464 e. The fourth-order valence-electron chi connectivity index (χ4n) is 1.97. The van der Waals surface area contributed by atoms with Crippen molar-refractivity contribution in [2.75, 3.05) is 13.2 Å². The molecule has 0 aromatic heterocycles. The summed E-state index contributed by atoms with van der Waals surface area (Å²) in [5.41, 5.74) is 1.05. The van der Waals surface area contributed by atoms with Crippen LogP contribution in [0.25, 0.3) is 6.08 Å². The van der Waals surface area contributed by atoms with E-state index < -0.39 is 5.97 Å². The van der Waals surface area contributed by atoms with Gasteiger partial charge >= 0.3 is 5.97 Å². The summed E-state index contributed by atoms with van der Waals surface area (Å²) in [7, 11) is 0. The molecule has 0 N–H and O–H groups in total. The highest BCUT2D eigenvalue weighted by Crippen LogP contribution is 2.30. The van der Waals surface area contributed by atoms with Gasteiger partial charge in [-0.15, -0.1) is 0 Å². The summed E-state index contributed by atoms with van der Waals surface area (Å²) in [4.78, 5) is 25.9. The van der Waals surface area contributed by atoms with E-state index in [2.05, 4.69) is 0 Å². The van der Waals surface area contributed by atoms with Gasteiger partial charge in [-0.2, -0.15) is 0 Å². The molecule has 6 heteroatoms. The summed E-state index contributed by atoms with van der Waals surface area (Å²) < 4.78 is 5.46. The Morgan fingerprint density at radius 1 is 1.33 bits per heavy atom. The summed E-state index contributed by atoms with van der Waals surface area (Å²) in [5, 5.41) is 0. The molecule has 1 saturated heterocycles. The van der Waals surface area contributed by atoms with Crippen molar-refractivity contribution in [3.8, 4) is 0 Å². The van der Waals surface area contributed by atoms with E-state index in [-0.39, 0.29) is 12.5 Å². The van der Waals surface area contributed by atoms with Crippen molar-refractivity contribution in [3.05, 3.63) is 53.0 Å². The lowest BCUT2D eigenvalue weighted by Crippen LogP contribution is -2.34. The normalized spacial score (nSPS) is 16.4. The molecule has 0 unspecified atom stereocenters. The Morgan fingerprint density at radius 2 is 2.08 bits per heavy atom. The third-order valence-electron chi connectivity index (χ3n) is 3.26. The van der Waals surface area contributed by atoms with Crippen LogP contribution >= 0.6 is 24.0 Å². The van der Waals surface area contributed by atoms with Crippen LogP contribution in [0.15, 0.2) is 47.4 Å². The van der Waals surface area contributed by atoms with Crippen molar-refractivity contribution in [2.45, 2.75) is 19.8 Å². The lowest BCUT2D eigenvalue weighted by Gasteiger charge is -2.13. The zero-order valence-electron chi connectivity index (χ0n) is 13.4. The molecule has 1 fully saturated rings. The first-order valence-corrected chi connectivity index (χ1v) is 8.97. The molecule has 2 rings (SSSR count). The molecule has 1 aliphatic heterocycles. The highest BCUT2D eigenvalue weighted by atomic mass is 32.2. The number of amides is 1. The Labute approximate surface area is 151 Å². The lowest BCUT2D eigenvalue weighted by molar-refractivity contribution is -0.146. The number of hydrogen-bond acceptors (Lipinski definition) is 5. The fourth-order valence-corrected chi connectivity index (χ4v) is 3.17. The maximum atomic E-state index is 12.3. The summed E-state index contributed by atoms with van der Waals surface area (Å²) in [6, 6.07) is 9.79. The lowest BCUT2D eigenvalue weighted by atomic mass is 10.2. The van der Waals surface area contributed by atoms with E-state index >= 15 is 0 Å². The van der Waals surface area contributed by atoms with Crippen LogP contribution in [-0.2, 0) is 14.3 Å². The molecule has 126 valence electrons. The van der Waals surface area contributed by atoms with E-state index in [1.54, 1.807) is 12.2 Å². The van der Waals surface area contributed by atoms with Crippen molar-refractivity contribution in [1.29, 1.82) is 0 Å². The number of nitrogens with zero attached hydrogens (tertiary/aromatic N) is 1. The van der Waals surface area contributed by atoms with E-state index in [9.17, 15) is 9.59 Å². The highest BCUT2D eigenvalue weighted by molar-refractivity contribution is 8.26. The van der Waals surface area contributed by atoms with Crippen molar-refractivity contribution in [2.24, 2.45) is 0 Å². The summed E-state index contributed by atoms with van der Waals surface area (Å²) >= 11 is 6.38. The van der Waals surface area contributed by atoms with Gasteiger partial charge in [0.15, 0.2) is 0 Å². The number of benzene rings is 1. The van der Waals surface area contributed by atoms with Gasteiger partial charge in [-0.05, 0) is 18.1 Å². The van der Waals surface area contributed by atoms with Gasteiger partial charge in [0.2, 0.25) is 0 Å². The number of thiocarbonyl (C=S) groups is 1. The summed E-state index contributed by atoms with van der Waals surface area (Å²) in [5.74, 6) is -0.684. The Morgan fingerprint density at radius 3 is 2.79 bits per heavy atom. The number of unbranched alkanes of at least 4 members (excludes halogenated alkanes) is 1. The zero-order chi connectivity index (χ0) is 17.4. The predicted octanol–water partition coefficient (Wildman–Crippen LogP) is 3.79. The van der Waals surface area contributed by atoms with Gasteiger partial charge in [0, 0.05) is 0 Å². The zero-order valence-corrected chi connectivity index (χ0v) is 15.1. The number of hydrogen-bond donors (Lipinski definition) is 0. The SMILES string of the molecule is CCCCOC(=O)CN1C(=O)/C(=C/C=C/c2ccccc2)SC1=S. The van der Waals surface area contributed by atoms with Gasteiger partial charge in [-0.3, -0.25) is 14.5 Å². The second-order valence-corrected chi connectivity index (χ2v) is 6.81. The predicted molar refractivity (Wildman–Crippen MR) is 101 cm³/mol. The van der Waals surface area contributed by atoms with E-state index in [1.807, 2.05) is 43.3 Å². The molecule has 24 heavy (non-hydrogen) atoms. The first-order valence-electron chi connectivity index (χ1n) is 7.74. The number of rotatable bonds is 7. The van der Waals surface area contributed by atoms with Crippen LogP contribution in [0.2, 0.25) is 0 Å². The molecule has 1 aromatic carbocycles. The number of carbonyl (C=O) groups is 2. The number of carbonyl (C=O) groups excluding carboxylic acids is 2. The van der Waals surface area contributed by atoms with Crippen LogP contribution in [-0.4, -0.2) is 34.2 Å². The number of esters is 1. The van der Waals surface area contributed by atoms with Gasteiger partial charge in [-0.1, -0.05) is 79.8 Å². The molecule has 0 saturated carbocycles. The van der Waals surface area contributed by atoms with Crippen LogP contribution in [0.1, 0.15) is 25.3 Å². The van der Waals surface area contributed by atoms with Crippen molar-refractivity contribution in [3.63, 3.8) is 0 Å². The van der Waals surface area contributed by atoms with Crippen LogP contribution < -0.4 is 0 Å². The Kier molecular flexibility index (Phi) is 7.21. The average Bonchev–Trinajstić information content (AvgIpc) is 2.84. The highest BCUT2D eigenvalue weighted by Gasteiger charge is 2.33. The molecule has 1 amide bonds. The quantitative estimate of drug-likeness (QED) is 0.320. The third kappa shape index (κ3) is 5.32. The molecule has 4 nitrogen and oxygen atoms in total. The van der Waals surface area contributed by atoms with Gasteiger partial charge in [0.25, 0.3) is 5.91 Å². The minimum atomic E-state index is -0.430. The maximum absolute atomic E-state index is 12.3. The molecule has 0 radical (unpaired) electrons. The molecule has 1 aromatic rings. The molecule has 1 heterocycles. The first-order chi connectivity index (χ1) is 11.6. The third-order valence-corrected chi connectivity index (χ3v) is 4.65. The monoisotopic (exact) mass is 361 g/mol. The Hall–Kier alpha value is -1.92. The van der Waals surface area contributed by atoms with Crippen LogP contribution in [0.3, 0.4) is 0 Å². The van der Waals surface area contributed by atoms with Gasteiger partial charge < -0.3 is 4.74 Å². The van der Waals surface area contributed by atoms with E-state index in [0.717, 1.165) is 18.4 Å². The molecule has 0 spiro atoms. The van der Waals surface area contributed by atoms with Crippen LogP contribution in [0.5, 0.6) is 0 Å². The molecule has 0 atom stereocenters. The van der Waals surface area contributed by atoms with Gasteiger partial charge in [0.05, 0.1) is 11.5 Å². The van der Waals surface area contributed by atoms with E-state index in [1.165, 1.54) is 16.7 Å². The Balaban J connectivity index is 1.94. The number of thioether (sulfide) groups is 1. The molecule has 0 bridgehead atoms. The smallest absolute Gasteiger partial charge is 0.326 e. The van der Waals surface area contributed by atoms with E-state index in [4.69, 9.17) is 17.0 Å². The van der Waals surface area contributed by atoms with Crippen molar-refractivity contribution >= 4 is 46.3 Å². The summed E-state index contributed by atoms with van der Waals surface area (Å²) in [6.45, 7) is 2.26. The fraction of sp³-hybridized carbons (Fsp3) is 0.278. The van der Waals surface area contributed by atoms with E-state index in [0.29, 0.717) is 15.8 Å². The standard InChI is InChI=1S/C18H19NO3S2/c1-2-3-12-22-16(20)13-19-17(21)15(24-18(19)23)11-7-10-14-8-5-4-6-9-14/h4-11H,2-3,12-13H2,1H3/b10-7+,15-11-. The second-order valence-electron chi connectivity index (χ2n) is 5.13. The molecular formula is C18H19NO3S2. The average molecular weight is 361 g/mol. The van der Waals surface area contributed by atoms with Crippen molar-refractivity contribution < 1.29 is 14.3 Å². The Bertz CT molecular complexity index is 668. The first kappa shape index (κ1) is 18.4. The molecular weight excluding hydrogens is 342 g/mol. The molecule has 0 aliphatic carbocycles. The van der Waals surface area contributed by atoms with Crippen molar-refractivity contribution in [1.82, 2.24) is 4.90 Å². The number of ether oxygens (including phenoxy) is 1. The molecule has 1 aliphatic rings. The number of allylic oxidation sites excluding steroid dienone is 2. The topological polar surface area (TPSA) is 46.6 Å². The minimum absolute atomic E-state index is 0.131. The van der Waals surface area contributed by atoms with Crippen LogP contribution in [0, 0.1) is 0 Å². The summed E-state index contributed by atoms with van der Waals surface area (Å²) in [6.07, 6.45) is 7.20. The maximum Gasteiger partial charge on any atom is 0.326 e. The minimum Gasteiger partial charge on any atom is -0.464 e. The van der Waals surface area contributed by atoms with Gasteiger partial charge in [0.1, 0.15) is 10.9 Å².